The lowest BCUT2D eigenvalue weighted by Gasteiger charge is -2.23. The van der Waals surface area contributed by atoms with E-state index in [0.29, 0.717) is 0 Å². The third-order valence-corrected chi connectivity index (χ3v) is 6.82. The number of carboxylic acid groups (broad SMARTS) is 1. The molecule has 4 rings (SSSR count). The van der Waals surface area contributed by atoms with Crippen molar-refractivity contribution in [2.45, 2.75) is 56.7 Å². The molecule has 0 saturated heterocycles. The summed E-state index contributed by atoms with van der Waals surface area (Å²) >= 11 is 0. The lowest BCUT2D eigenvalue weighted by molar-refractivity contribution is -0.144. The van der Waals surface area contributed by atoms with Gasteiger partial charge in [0.05, 0.1) is 6.10 Å². The van der Waals surface area contributed by atoms with Gasteiger partial charge in [-0.15, -0.1) is 0 Å². The lowest BCUT2D eigenvalue weighted by Crippen LogP contribution is -2.48. The number of carboxylic acids is 1. The molecular formula is C26H30N2O6. The van der Waals surface area contributed by atoms with E-state index in [1.165, 1.54) is 6.92 Å². The van der Waals surface area contributed by atoms with Crippen molar-refractivity contribution in [3.05, 3.63) is 59.7 Å². The van der Waals surface area contributed by atoms with Crippen LogP contribution in [-0.2, 0) is 14.3 Å². The predicted molar refractivity (Wildman–Crippen MR) is 125 cm³/mol. The zero-order valence-corrected chi connectivity index (χ0v) is 19.1. The summed E-state index contributed by atoms with van der Waals surface area (Å²) in [4.78, 5) is 36.2. The minimum Gasteiger partial charge on any atom is -0.480 e. The smallest absolute Gasteiger partial charge is 0.407 e. The van der Waals surface area contributed by atoms with E-state index in [4.69, 9.17) is 9.84 Å². The van der Waals surface area contributed by atoms with Gasteiger partial charge in [-0.05, 0) is 47.9 Å². The summed E-state index contributed by atoms with van der Waals surface area (Å²) in [5, 5.41) is 24.0. The number of aliphatic hydroxyl groups excluding tert-OH is 1. The van der Waals surface area contributed by atoms with Gasteiger partial charge in [-0.2, -0.15) is 0 Å². The Balaban J connectivity index is 1.33. The van der Waals surface area contributed by atoms with E-state index in [1.54, 1.807) is 0 Å². The summed E-state index contributed by atoms with van der Waals surface area (Å²) in [7, 11) is 0. The van der Waals surface area contributed by atoms with Crippen LogP contribution in [0.4, 0.5) is 4.79 Å². The van der Waals surface area contributed by atoms with Crippen LogP contribution in [0.25, 0.3) is 11.1 Å². The number of carbonyl (C=O) groups is 3. The molecule has 180 valence electrons. The summed E-state index contributed by atoms with van der Waals surface area (Å²) in [6, 6.07) is 14.7. The second-order valence-corrected chi connectivity index (χ2v) is 9.10. The van der Waals surface area contributed by atoms with Crippen molar-refractivity contribution in [3.63, 3.8) is 0 Å². The molecule has 4 N–H and O–H groups in total. The zero-order chi connectivity index (χ0) is 24.2. The van der Waals surface area contributed by atoms with Gasteiger partial charge in [-0.1, -0.05) is 55.0 Å². The fourth-order valence-electron chi connectivity index (χ4n) is 5.12. The third kappa shape index (κ3) is 5.07. The molecule has 2 unspecified atom stereocenters. The average molecular weight is 467 g/mol. The Hall–Kier alpha value is -3.39. The molecule has 2 aliphatic carbocycles. The molecule has 2 aliphatic rings. The molecule has 0 radical (unpaired) electrons. The Labute approximate surface area is 198 Å². The van der Waals surface area contributed by atoms with Crippen molar-refractivity contribution in [1.82, 2.24) is 10.6 Å². The number of rotatable bonds is 8. The van der Waals surface area contributed by atoms with Gasteiger partial charge in [0.25, 0.3) is 0 Å². The second kappa shape index (κ2) is 10.3. The first-order valence-corrected chi connectivity index (χ1v) is 11.7. The molecule has 4 atom stereocenters. The fourth-order valence-corrected chi connectivity index (χ4v) is 5.12. The van der Waals surface area contributed by atoms with Crippen LogP contribution < -0.4 is 10.6 Å². The van der Waals surface area contributed by atoms with Crippen molar-refractivity contribution in [3.8, 4) is 11.1 Å². The van der Waals surface area contributed by atoms with Crippen molar-refractivity contribution in [2.24, 2.45) is 5.92 Å². The molecule has 2 aromatic carbocycles. The zero-order valence-electron chi connectivity index (χ0n) is 19.1. The summed E-state index contributed by atoms with van der Waals surface area (Å²) < 4.78 is 5.62. The number of hydrogen-bond acceptors (Lipinski definition) is 5. The summed E-state index contributed by atoms with van der Waals surface area (Å²) in [5.74, 6) is -1.90. The van der Waals surface area contributed by atoms with Crippen LogP contribution in [0.3, 0.4) is 0 Å². The van der Waals surface area contributed by atoms with Crippen molar-refractivity contribution >= 4 is 18.0 Å². The molecule has 0 spiro atoms. The van der Waals surface area contributed by atoms with E-state index in [0.717, 1.165) is 41.5 Å². The third-order valence-electron chi connectivity index (χ3n) is 6.82. The van der Waals surface area contributed by atoms with Gasteiger partial charge in [0.15, 0.2) is 6.04 Å². The van der Waals surface area contributed by atoms with Crippen LogP contribution in [0.15, 0.2) is 48.5 Å². The number of fused-ring (bicyclic) bond motifs is 3. The standard InChI is InChI=1S/C26H30N2O6/c1-15(29)24(25(31)32)28-23(30)13-16-7-6-12-22(16)27-26(33)34-14-21-19-10-4-2-8-17(19)18-9-3-5-11-20(18)21/h2-5,8-11,15-16,21-22,24,29H,6-7,12-14H2,1H3,(H,27,33)(H,28,30)(H,31,32)/t15-,16?,22?,24+/m1/s1. The number of aliphatic hydroxyl groups is 1. The first kappa shape index (κ1) is 23.8. The number of alkyl carbamates (subject to hydrolysis) is 1. The van der Waals surface area contributed by atoms with Gasteiger partial charge in [0.1, 0.15) is 6.61 Å². The number of aliphatic carboxylic acids is 1. The first-order chi connectivity index (χ1) is 16.3. The fraction of sp³-hybridized carbons (Fsp3) is 0.423. The summed E-state index contributed by atoms with van der Waals surface area (Å²) in [6.07, 6.45) is 0.664. The van der Waals surface area contributed by atoms with E-state index in [2.05, 4.69) is 34.9 Å². The Morgan fingerprint density at radius 1 is 1.03 bits per heavy atom. The number of ether oxygens (including phenoxy) is 1. The van der Waals surface area contributed by atoms with E-state index in [1.807, 2.05) is 24.3 Å². The molecule has 1 saturated carbocycles. The first-order valence-electron chi connectivity index (χ1n) is 11.7. The van der Waals surface area contributed by atoms with Crippen LogP contribution in [0, 0.1) is 5.92 Å². The number of amides is 2. The maximum Gasteiger partial charge on any atom is 0.407 e. The molecule has 8 nitrogen and oxygen atoms in total. The van der Waals surface area contributed by atoms with E-state index in [9.17, 15) is 19.5 Å². The molecule has 0 aliphatic heterocycles. The molecule has 0 bridgehead atoms. The Morgan fingerprint density at radius 2 is 1.65 bits per heavy atom. The van der Waals surface area contributed by atoms with E-state index in [-0.39, 0.29) is 30.9 Å². The van der Waals surface area contributed by atoms with Gasteiger partial charge < -0.3 is 25.6 Å². The van der Waals surface area contributed by atoms with Crippen LogP contribution >= 0.6 is 0 Å². The quantitative estimate of drug-likeness (QED) is 0.474. The van der Waals surface area contributed by atoms with Gasteiger partial charge in [0, 0.05) is 18.4 Å². The maximum atomic E-state index is 12.6. The highest BCUT2D eigenvalue weighted by Gasteiger charge is 2.34. The van der Waals surface area contributed by atoms with Gasteiger partial charge in [0.2, 0.25) is 5.91 Å². The summed E-state index contributed by atoms with van der Waals surface area (Å²) in [6.45, 7) is 1.53. The van der Waals surface area contributed by atoms with Gasteiger partial charge in [-0.3, -0.25) is 4.79 Å². The number of carbonyl (C=O) groups excluding carboxylic acids is 2. The largest absolute Gasteiger partial charge is 0.480 e. The minimum atomic E-state index is -1.36. The van der Waals surface area contributed by atoms with E-state index < -0.39 is 30.1 Å². The Morgan fingerprint density at radius 3 is 2.24 bits per heavy atom. The van der Waals surface area contributed by atoms with Crippen molar-refractivity contribution in [2.75, 3.05) is 6.61 Å². The molecular weight excluding hydrogens is 436 g/mol. The van der Waals surface area contributed by atoms with Crippen molar-refractivity contribution in [1.29, 1.82) is 0 Å². The monoisotopic (exact) mass is 466 g/mol. The Kier molecular flexibility index (Phi) is 7.17. The highest BCUT2D eigenvalue weighted by Crippen LogP contribution is 2.44. The van der Waals surface area contributed by atoms with Crippen LogP contribution in [-0.4, -0.2) is 53.0 Å². The molecule has 34 heavy (non-hydrogen) atoms. The maximum absolute atomic E-state index is 12.6. The molecule has 1 fully saturated rings. The Bertz CT molecular complexity index is 1020. The van der Waals surface area contributed by atoms with Gasteiger partial charge >= 0.3 is 12.1 Å². The SMILES string of the molecule is C[C@@H](O)[C@H](NC(=O)CC1CCCC1NC(=O)OCC1c2ccccc2-c2ccccc21)C(=O)O. The molecule has 2 amide bonds. The van der Waals surface area contributed by atoms with Crippen LogP contribution in [0.2, 0.25) is 0 Å². The normalized spacial score (nSPS) is 20.6. The highest BCUT2D eigenvalue weighted by atomic mass is 16.5. The van der Waals surface area contributed by atoms with Gasteiger partial charge in [-0.25, -0.2) is 9.59 Å². The number of hydrogen-bond donors (Lipinski definition) is 4. The number of benzene rings is 2. The lowest BCUT2D eigenvalue weighted by atomic mass is 9.98. The predicted octanol–water partition coefficient (Wildman–Crippen LogP) is 3.03. The molecule has 2 aromatic rings. The highest BCUT2D eigenvalue weighted by molar-refractivity contribution is 5.84. The van der Waals surface area contributed by atoms with Crippen LogP contribution in [0.5, 0.6) is 0 Å². The molecule has 0 heterocycles. The second-order valence-electron chi connectivity index (χ2n) is 9.10. The van der Waals surface area contributed by atoms with Crippen molar-refractivity contribution < 1.29 is 29.3 Å². The van der Waals surface area contributed by atoms with Crippen LogP contribution in [0.1, 0.15) is 49.7 Å². The topological polar surface area (TPSA) is 125 Å². The van der Waals surface area contributed by atoms with E-state index >= 15 is 0 Å². The minimum absolute atomic E-state index is 0.0308. The number of nitrogens with one attached hydrogen (secondary N) is 2. The summed E-state index contributed by atoms with van der Waals surface area (Å²) in [5.41, 5.74) is 4.59. The molecule has 8 heteroatoms. The molecule has 0 aromatic heterocycles. The average Bonchev–Trinajstić information content (AvgIpc) is 3.37.